The normalized spacial score (nSPS) is 11.6. The molecule has 130 valence electrons. The number of nitrogens with zero attached hydrogens (tertiary/aromatic N) is 2. The van der Waals surface area contributed by atoms with Crippen LogP contribution in [-0.2, 0) is 9.53 Å². The fourth-order valence-corrected chi connectivity index (χ4v) is 2.73. The SMILES string of the molecule is Cc1csc(C(C#N)C(=O)COC(=O)c2cccc(OC(F)F)c2)n1. The fraction of sp³-hybridized carbons (Fsp3) is 0.250. The molecule has 0 amide bonds. The quantitative estimate of drug-likeness (QED) is 0.700. The second-order valence-electron chi connectivity index (χ2n) is 4.84. The first-order valence-corrected chi connectivity index (χ1v) is 7.85. The second kappa shape index (κ2) is 8.30. The number of halogens is 2. The van der Waals surface area contributed by atoms with Gasteiger partial charge in [0, 0.05) is 11.1 Å². The number of aryl methyl sites for hydroxylation is 1. The van der Waals surface area contributed by atoms with E-state index >= 15 is 0 Å². The highest BCUT2D eigenvalue weighted by Crippen LogP contribution is 2.21. The van der Waals surface area contributed by atoms with Crippen molar-refractivity contribution in [1.82, 2.24) is 4.98 Å². The van der Waals surface area contributed by atoms with Crippen molar-refractivity contribution in [2.24, 2.45) is 0 Å². The van der Waals surface area contributed by atoms with Crippen LogP contribution in [0.4, 0.5) is 8.78 Å². The minimum Gasteiger partial charge on any atom is -0.454 e. The zero-order valence-electron chi connectivity index (χ0n) is 12.9. The van der Waals surface area contributed by atoms with Crippen LogP contribution in [0.3, 0.4) is 0 Å². The van der Waals surface area contributed by atoms with E-state index in [1.807, 2.05) is 6.07 Å². The van der Waals surface area contributed by atoms with Crippen molar-refractivity contribution >= 4 is 23.1 Å². The number of aromatic nitrogens is 1. The van der Waals surface area contributed by atoms with Gasteiger partial charge in [0.25, 0.3) is 0 Å². The number of hydrogen-bond acceptors (Lipinski definition) is 7. The number of esters is 1. The maximum Gasteiger partial charge on any atom is 0.387 e. The molecule has 1 aromatic heterocycles. The Bertz CT molecular complexity index is 816. The maximum atomic E-state index is 12.2. The lowest BCUT2D eigenvalue weighted by molar-refractivity contribution is -0.122. The largest absolute Gasteiger partial charge is 0.454 e. The average Bonchev–Trinajstić information content (AvgIpc) is 2.99. The predicted molar refractivity (Wildman–Crippen MR) is 83.6 cm³/mol. The zero-order valence-corrected chi connectivity index (χ0v) is 13.8. The lowest BCUT2D eigenvalue weighted by Gasteiger charge is -2.08. The molecular weight excluding hydrogens is 354 g/mol. The molecule has 9 heteroatoms. The predicted octanol–water partition coefficient (Wildman–Crippen LogP) is 3.09. The van der Waals surface area contributed by atoms with Crippen molar-refractivity contribution in [3.05, 3.63) is 45.9 Å². The molecule has 0 radical (unpaired) electrons. The summed E-state index contributed by atoms with van der Waals surface area (Å²) in [7, 11) is 0. The van der Waals surface area contributed by atoms with Gasteiger partial charge in [0.05, 0.1) is 11.6 Å². The van der Waals surface area contributed by atoms with E-state index < -0.39 is 30.9 Å². The fourth-order valence-electron chi connectivity index (χ4n) is 1.87. The van der Waals surface area contributed by atoms with Crippen LogP contribution in [0.25, 0.3) is 0 Å². The summed E-state index contributed by atoms with van der Waals surface area (Å²) in [4.78, 5) is 28.1. The first-order chi connectivity index (χ1) is 11.9. The smallest absolute Gasteiger partial charge is 0.387 e. The molecule has 1 heterocycles. The van der Waals surface area contributed by atoms with Crippen molar-refractivity contribution < 1.29 is 27.8 Å². The number of carbonyl (C=O) groups excluding carboxylic acids is 2. The third kappa shape index (κ3) is 5.06. The van der Waals surface area contributed by atoms with Gasteiger partial charge in [-0.2, -0.15) is 14.0 Å². The summed E-state index contributed by atoms with van der Waals surface area (Å²) in [5.41, 5.74) is 0.630. The van der Waals surface area contributed by atoms with Gasteiger partial charge in [-0.05, 0) is 25.1 Å². The zero-order chi connectivity index (χ0) is 18.4. The minimum atomic E-state index is -3.02. The molecule has 1 atom stereocenters. The van der Waals surface area contributed by atoms with Gasteiger partial charge in [-0.15, -0.1) is 11.3 Å². The van der Waals surface area contributed by atoms with Crippen molar-refractivity contribution in [2.75, 3.05) is 6.61 Å². The van der Waals surface area contributed by atoms with E-state index in [4.69, 9.17) is 10.00 Å². The highest BCUT2D eigenvalue weighted by molar-refractivity contribution is 7.09. The number of Topliss-reactive ketones (excluding diaryl/α,β-unsaturated/α-hetero) is 1. The number of ether oxygens (including phenoxy) is 2. The summed E-state index contributed by atoms with van der Waals surface area (Å²) in [5, 5.41) is 11.2. The van der Waals surface area contributed by atoms with E-state index in [9.17, 15) is 18.4 Å². The molecule has 0 aliphatic heterocycles. The number of alkyl halides is 2. The van der Waals surface area contributed by atoms with Crippen LogP contribution in [0, 0.1) is 18.3 Å². The third-order valence-corrected chi connectivity index (χ3v) is 4.00. The van der Waals surface area contributed by atoms with E-state index in [2.05, 4.69) is 9.72 Å². The Balaban J connectivity index is 1.99. The summed E-state index contributed by atoms with van der Waals surface area (Å²) in [6.07, 6.45) is 0. The highest BCUT2D eigenvalue weighted by Gasteiger charge is 2.24. The molecule has 2 rings (SSSR count). The Kier molecular flexibility index (Phi) is 6.14. The van der Waals surface area contributed by atoms with Crippen LogP contribution in [0.15, 0.2) is 29.6 Å². The number of rotatable bonds is 7. The van der Waals surface area contributed by atoms with Gasteiger partial charge in [-0.1, -0.05) is 6.07 Å². The van der Waals surface area contributed by atoms with Gasteiger partial charge in [-0.3, -0.25) is 4.79 Å². The van der Waals surface area contributed by atoms with Crippen LogP contribution < -0.4 is 4.74 Å². The van der Waals surface area contributed by atoms with E-state index in [1.165, 1.54) is 29.5 Å². The molecule has 0 saturated carbocycles. The first kappa shape index (κ1) is 18.5. The molecule has 25 heavy (non-hydrogen) atoms. The summed E-state index contributed by atoms with van der Waals surface area (Å²) in [6, 6.07) is 6.83. The van der Waals surface area contributed by atoms with E-state index in [1.54, 1.807) is 12.3 Å². The number of ketones is 1. The van der Waals surface area contributed by atoms with Crippen LogP contribution in [0.5, 0.6) is 5.75 Å². The Hall–Kier alpha value is -2.86. The summed E-state index contributed by atoms with van der Waals surface area (Å²) >= 11 is 1.17. The number of hydrogen-bond donors (Lipinski definition) is 0. The van der Waals surface area contributed by atoms with Gasteiger partial charge in [0.2, 0.25) is 0 Å². The minimum absolute atomic E-state index is 0.0513. The van der Waals surface area contributed by atoms with E-state index in [0.29, 0.717) is 10.7 Å². The van der Waals surface area contributed by atoms with Gasteiger partial charge < -0.3 is 9.47 Å². The van der Waals surface area contributed by atoms with E-state index in [0.717, 1.165) is 6.07 Å². The van der Waals surface area contributed by atoms with E-state index in [-0.39, 0.29) is 11.3 Å². The van der Waals surface area contributed by atoms with Gasteiger partial charge >= 0.3 is 12.6 Å². The van der Waals surface area contributed by atoms with Gasteiger partial charge in [0.15, 0.2) is 18.3 Å². The van der Waals surface area contributed by atoms with Crippen LogP contribution in [-0.4, -0.2) is 30.0 Å². The maximum absolute atomic E-state index is 12.2. The lowest BCUT2D eigenvalue weighted by Crippen LogP contribution is -2.20. The van der Waals surface area contributed by atoms with Crippen LogP contribution >= 0.6 is 11.3 Å². The summed E-state index contributed by atoms with van der Waals surface area (Å²) in [6.45, 7) is -1.92. The van der Waals surface area contributed by atoms with Gasteiger partial charge in [-0.25, -0.2) is 9.78 Å². The van der Waals surface area contributed by atoms with Crippen molar-refractivity contribution in [3.8, 4) is 11.8 Å². The highest BCUT2D eigenvalue weighted by atomic mass is 32.1. The molecule has 6 nitrogen and oxygen atoms in total. The van der Waals surface area contributed by atoms with Crippen LogP contribution in [0.1, 0.15) is 27.0 Å². The molecule has 0 saturated heterocycles. The van der Waals surface area contributed by atoms with Crippen molar-refractivity contribution in [2.45, 2.75) is 19.5 Å². The Morgan fingerprint density at radius 3 is 2.76 bits per heavy atom. The molecule has 2 aromatic rings. The molecule has 1 unspecified atom stereocenters. The molecule has 0 aliphatic rings. The first-order valence-electron chi connectivity index (χ1n) is 6.97. The molecule has 0 aliphatic carbocycles. The summed E-state index contributed by atoms with van der Waals surface area (Å²) < 4.78 is 33.4. The standard InChI is InChI=1S/C16H12F2N2O4S/c1-9-8-25-14(20-9)12(6-19)13(21)7-23-15(22)10-3-2-4-11(5-10)24-16(17)18/h2-5,8,12,16H,7H2,1H3. The monoisotopic (exact) mass is 366 g/mol. The molecular formula is C16H12F2N2O4S. The van der Waals surface area contributed by atoms with Crippen LogP contribution in [0.2, 0.25) is 0 Å². The number of nitriles is 1. The van der Waals surface area contributed by atoms with Crippen molar-refractivity contribution in [1.29, 1.82) is 5.26 Å². The lowest BCUT2D eigenvalue weighted by atomic mass is 10.1. The Morgan fingerprint density at radius 2 is 2.16 bits per heavy atom. The Morgan fingerprint density at radius 1 is 1.40 bits per heavy atom. The molecule has 0 fully saturated rings. The Labute approximate surface area is 145 Å². The van der Waals surface area contributed by atoms with Crippen molar-refractivity contribution in [3.63, 3.8) is 0 Å². The second-order valence-corrected chi connectivity index (χ2v) is 5.73. The number of carbonyl (C=O) groups is 2. The summed E-state index contributed by atoms with van der Waals surface area (Å²) in [5.74, 6) is -2.84. The molecule has 0 spiro atoms. The third-order valence-electron chi connectivity index (χ3n) is 2.98. The number of benzene rings is 1. The molecule has 1 aromatic carbocycles. The average molecular weight is 366 g/mol. The van der Waals surface area contributed by atoms with Gasteiger partial charge in [0.1, 0.15) is 10.8 Å². The molecule has 0 N–H and O–H groups in total. The topological polar surface area (TPSA) is 89.3 Å². The molecule has 0 bridgehead atoms. The number of thiazole rings is 1.